The van der Waals surface area contributed by atoms with Gasteiger partial charge in [0, 0.05) is 10.6 Å². The molecule has 1 N–H and O–H groups in total. The maximum Gasteiger partial charge on any atom is 0.306 e. The third kappa shape index (κ3) is 5.24. The van der Waals surface area contributed by atoms with Crippen LogP contribution in [0.25, 0.3) is 0 Å². The highest BCUT2D eigenvalue weighted by Crippen LogP contribution is 2.13. The first kappa shape index (κ1) is 16.7. The zero-order chi connectivity index (χ0) is 16.7. The Balaban J connectivity index is 1.82. The van der Waals surface area contributed by atoms with E-state index >= 15 is 0 Å². The Kier molecular flexibility index (Phi) is 5.89. The van der Waals surface area contributed by atoms with Crippen molar-refractivity contribution in [3.05, 3.63) is 52.2 Å². The van der Waals surface area contributed by atoms with E-state index in [1.54, 1.807) is 35.6 Å². The van der Waals surface area contributed by atoms with Crippen LogP contribution < -0.4 is 5.32 Å². The minimum Gasteiger partial charge on any atom is -0.453 e. The minimum atomic E-state index is -0.892. The average molecular weight is 328 g/mol. The Morgan fingerprint density at radius 1 is 1.35 bits per heavy atom. The third-order valence-corrected chi connectivity index (χ3v) is 4.03. The Bertz CT molecular complexity index is 720. The lowest BCUT2D eigenvalue weighted by Crippen LogP contribution is -2.30. The van der Waals surface area contributed by atoms with Crippen LogP contribution in [0, 0.1) is 11.3 Å². The Hall–Kier alpha value is -2.65. The number of nitrogens with zero attached hydrogens (tertiary/aromatic N) is 1. The lowest BCUT2D eigenvalue weighted by molar-refractivity contribution is -0.153. The standard InChI is InChI=1S/C17H16N2O3S/c1-12(22-16(20)8-7-15-6-3-9-23-15)17(21)19-14-5-2-4-13(10-14)11-18/h2-6,9-10,12H,7-8H2,1H3,(H,19,21)/t12-/m1/s1. The summed E-state index contributed by atoms with van der Waals surface area (Å²) in [6, 6.07) is 12.4. The van der Waals surface area contributed by atoms with E-state index in [1.807, 2.05) is 23.6 Å². The first-order chi connectivity index (χ1) is 11.1. The number of benzene rings is 1. The first-order valence-corrected chi connectivity index (χ1v) is 7.99. The van der Waals surface area contributed by atoms with Crippen LogP contribution in [-0.2, 0) is 20.7 Å². The summed E-state index contributed by atoms with van der Waals surface area (Å²) >= 11 is 1.58. The number of carbonyl (C=O) groups excluding carboxylic acids is 2. The number of anilines is 1. The van der Waals surface area contributed by atoms with Crippen LogP contribution in [0.5, 0.6) is 0 Å². The van der Waals surface area contributed by atoms with E-state index in [1.165, 1.54) is 6.92 Å². The van der Waals surface area contributed by atoms with Crippen LogP contribution >= 0.6 is 11.3 Å². The molecule has 0 bridgehead atoms. The van der Waals surface area contributed by atoms with Crippen molar-refractivity contribution in [3.8, 4) is 6.07 Å². The molecule has 1 aromatic carbocycles. The summed E-state index contributed by atoms with van der Waals surface area (Å²) in [6.07, 6.45) is -0.0477. The zero-order valence-corrected chi connectivity index (χ0v) is 13.4. The molecule has 2 rings (SSSR count). The number of ether oxygens (including phenoxy) is 1. The highest BCUT2D eigenvalue weighted by Gasteiger charge is 2.18. The number of nitrogens with one attached hydrogen (secondary N) is 1. The van der Waals surface area contributed by atoms with Crippen molar-refractivity contribution in [2.24, 2.45) is 0 Å². The van der Waals surface area contributed by atoms with Crippen LogP contribution in [-0.4, -0.2) is 18.0 Å². The smallest absolute Gasteiger partial charge is 0.306 e. The fourth-order valence-corrected chi connectivity index (χ4v) is 2.61. The van der Waals surface area contributed by atoms with Crippen LogP contribution in [0.15, 0.2) is 41.8 Å². The van der Waals surface area contributed by atoms with Crippen molar-refractivity contribution in [1.29, 1.82) is 5.26 Å². The topological polar surface area (TPSA) is 79.2 Å². The van der Waals surface area contributed by atoms with Gasteiger partial charge in [-0.15, -0.1) is 11.3 Å². The SMILES string of the molecule is C[C@@H](OC(=O)CCc1cccs1)C(=O)Nc1cccc(C#N)c1. The summed E-state index contributed by atoms with van der Waals surface area (Å²) in [6.45, 7) is 1.52. The van der Waals surface area contributed by atoms with Gasteiger partial charge >= 0.3 is 5.97 Å². The molecule has 0 aliphatic heterocycles. The minimum absolute atomic E-state index is 0.238. The lowest BCUT2D eigenvalue weighted by atomic mass is 10.2. The van der Waals surface area contributed by atoms with Gasteiger partial charge in [0.15, 0.2) is 6.10 Å². The summed E-state index contributed by atoms with van der Waals surface area (Å²) in [5.74, 6) is -0.837. The average Bonchev–Trinajstić information content (AvgIpc) is 3.06. The molecule has 0 spiro atoms. The number of thiophene rings is 1. The van der Waals surface area contributed by atoms with Gasteiger partial charge < -0.3 is 10.1 Å². The molecule has 5 nitrogen and oxygen atoms in total. The van der Waals surface area contributed by atoms with Gasteiger partial charge in [-0.1, -0.05) is 12.1 Å². The molecule has 0 radical (unpaired) electrons. The molecule has 1 amide bonds. The summed E-state index contributed by atoms with van der Waals surface area (Å²) in [7, 11) is 0. The maximum atomic E-state index is 12.0. The molecule has 23 heavy (non-hydrogen) atoms. The highest BCUT2D eigenvalue weighted by molar-refractivity contribution is 7.09. The normalized spacial score (nSPS) is 11.3. The second-order valence-corrected chi connectivity index (χ2v) is 5.93. The molecular formula is C17H16N2O3S. The van der Waals surface area contributed by atoms with Crippen molar-refractivity contribution in [1.82, 2.24) is 0 Å². The number of rotatable bonds is 6. The Morgan fingerprint density at radius 3 is 2.87 bits per heavy atom. The number of hydrogen-bond donors (Lipinski definition) is 1. The van der Waals surface area contributed by atoms with Crippen molar-refractivity contribution in [3.63, 3.8) is 0 Å². The van der Waals surface area contributed by atoms with Gasteiger partial charge in [-0.05, 0) is 43.0 Å². The van der Waals surface area contributed by atoms with Crippen molar-refractivity contribution < 1.29 is 14.3 Å². The van der Waals surface area contributed by atoms with Gasteiger partial charge in [0.25, 0.3) is 5.91 Å². The van der Waals surface area contributed by atoms with E-state index < -0.39 is 18.0 Å². The van der Waals surface area contributed by atoms with Crippen molar-refractivity contribution >= 4 is 28.9 Å². The predicted octanol–water partition coefficient (Wildman–Crippen LogP) is 3.12. The molecule has 0 saturated heterocycles. The molecule has 0 unspecified atom stereocenters. The molecule has 0 aliphatic carbocycles. The molecule has 118 valence electrons. The Morgan fingerprint density at radius 2 is 2.17 bits per heavy atom. The van der Waals surface area contributed by atoms with Gasteiger partial charge in [0.2, 0.25) is 0 Å². The molecule has 0 saturated carbocycles. The molecule has 0 aliphatic rings. The predicted molar refractivity (Wildman–Crippen MR) is 88.0 cm³/mol. The van der Waals surface area contributed by atoms with E-state index in [-0.39, 0.29) is 6.42 Å². The zero-order valence-electron chi connectivity index (χ0n) is 12.6. The molecular weight excluding hydrogens is 312 g/mol. The molecule has 1 heterocycles. The fraction of sp³-hybridized carbons (Fsp3) is 0.235. The fourth-order valence-electron chi connectivity index (χ4n) is 1.90. The number of nitriles is 1. The summed E-state index contributed by atoms with van der Waals surface area (Å²) in [4.78, 5) is 24.9. The third-order valence-electron chi connectivity index (χ3n) is 3.09. The van der Waals surface area contributed by atoms with Gasteiger partial charge in [-0.3, -0.25) is 9.59 Å². The molecule has 6 heteroatoms. The molecule has 0 fully saturated rings. The van der Waals surface area contributed by atoms with Crippen LogP contribution in [0.3, 0.4) is 0 Å². The number of aryl methyl sites for hydroxylation is 1. The van der Waals surface area contributed by atoms with E-state index in [4.69, 9.17) is 10.00 Å². The number of hydrogen-bond acceptors (Lipinski definition) is 5. The van der Waals surface area contributed by atoms with E-state index in [9.17, 15) is 9.59 Å². The molecule has 2 aromatic rings. The monoisotopic (exact) mass is 328 g/mol. The molecule has 1 atom stereocenters. The summed E-state index contributed by atoms with van der Waals surface area (Å²) < 4.78 is 5.13. The molecule has 1 aromatic heterocycles. The second kappa shape index (κ2) is 8.11. The maximum absolute atomic E-state index is 12.0. The van der Waals surface area contributed by atoms with Crippen LogP contribution in [0.2, 0.25) is 0 Å². The highest BCUT2D eigenvalue weighted by atomic mass is 32.1. The largest absolute Gasteiger partial charge is 0.453 e. The summed E-state index contributed by atoms with van der Waals surface area (Å²) in [5, 5.41) is 13.4. The quantitative estimate of drug-likeness (QED) is 0.826. The van der Waals surface area contributed by atoms with E-state index in [0.717, 1.165) is 4.88 Å². The second-order valence-electron chi connectivity index (χ2n) is 4.89. The number of carbonyl (C=O) groups is 2. The van der Waals surface area contributed by atoms with Crippen molar-refractivity contribution in [2.45, 2.75) is 25.9 Å². The van der Waals surface area contributed by atoms with Gasteiger partial charge in [-0.2, -0.15) is 5.26 Å². The van der Waals surface area contributed by atoms with Crippen molar-refractivity contribution in [2.75, 3.05) is 5.32 Å². The van der Waals surface area contributed by atoms with Crippen LogP contribution in [0.4, 0.5) is 5.69 Å². The van der Waals surface area contributed by atoms with E-state index in [0.29, 0.717) is 17.7 Å². The van der Waals surface area contributed by atoms with E-state index in [2.05, 4.69) is 5.32 Å². The number of amides is 1. The van der Waals surface area contributed by atoms with Gasteiger partial charge in [-0.25, -0.2) is 0 Å². The van der Waals surface area contributed by atoms with Crippen LogP contribution in [0.1, 0.15) is 23.8 Å². The number of esters is 1. The van der Waals surface area contributed by atoms with Gasteiger partial charge in [0.1, 0.15) is 0 Å². The van der Waals surface area contributed by atoms with Gasteiger partial charge in [0.05, 0.1) is 18.1 Å². The Labute approximate surface area is 138 Å². The first-order valence-electron chi connectivity index (χ1n) is 7.11. The lowest BCUT2D eigenvalue weighted by Gasteiger charge is -2.13. The summed E-state index contributed by atoms with van der Waals surface area (Å²) in [5.41, 5.74) is 0.943.